The second kappa shape index (κ2) is 7.40. The molecular formula is C18H13Cl2F3N2O2. The molecule has 0 saturated carbocycles. The lowest BCUT2D eigenvalue weighted by molar-refractivity contribution is -0.137. The maximum atomic E-state index is 12.9. The topological polar surface area (TPSA) is 49.4 Å². The van der Waals surface area contributed by atoms with Crippen LogP contribution in [0.5, 0.6) is 0 Å². The number of benzene rings is 2. The molecule has 2 amide bonds. The Morgan fingerprint density at radius 1 is 1.15 bits per heavy atom. The summed E-state index contributed by atoms with van der Waals surface area (Å²) in [6.07, 6.45) is -4.62. The minimum absolute atomic E-state index is 0.0167. The van der Waals surface area contributed by atoms with Crippen molar-refractivity contribution in [3.8, 4) is 0 Å². The van der Waals surface area contributed by atoms with E-state index in [0.717, 1.165) is 12.1 Å². The molecule has 2 aromatic rings. The highest BCUT2D eigenvalue weighted by atomic mass is 35.5. The van der Waals surface area contributed by atoms with Crippen LogP contribution in [0.4, 0.5) is 24.5 Å². The third-order valence-electron chi connectivity index (χ3n) is 4.17. The van der Waals surface area contributed by atoms with Crippen LogP contribution in [0.25, 0.3) is 0 Å². The lowest BCUT2D eigenvalue weighted by Gasteiger charge is -2.18. The van der Waals surface area contributed by atoms with Crippen LogP contribution >= 0.6 is 23.2 Å². The second-order valence-corrected chi connectivity index (χ2v) is 6.91. The molecule has 1 atom stereocenters. The van der Waals surface area contributed by atoms with Gasteiger partial charge in [0.2, 0.25) is 11.8 Å². The van der Waals surface area contributed by atoms with E-state index in [1.165, 1.54) is 29.2 Å². The average Bonchev–Trinajstić information content (AvgIpc) is 2.99. The highest BCUT2D eigenvalue weighted by Crippen LogP contribution is 2.34. The lowest BCUT2D eigenvalue weighted by atomic mass is 10.1. The van der Waals surface area contributed by atoms with Crippen molar-refractivity contribution in [1.29, 1.82) is 0 Å². The number of rotatable bonds is 3. The van der Waals surface area contributed by atoms with E-state index in [2.05, 4.69) is 5.32 Å². The van der Waals surface area contributed by atoms with E-state index in [1.54, 1.807) is 6.07 Å². The molecule has 142 valence electrons. The van der Waals surface area contributed by atoms with Gasteiger partial charge in [-0.05, 0) is 36.4 Å². The molecule has 0 aromatic heterocycles. The summed E-state index contributed by atoms with van der Waals surface area (Å²) in [4.78, 5) is 25.9. The molecule has 2 aromatic carbocycles. The first kappa shape index (κ1) is 19.5. The van der Waals surface area contributed by atoms with Crippen LogP contribution in [0.2, 0.25) is 10.0 Å². The maximum absolute atomic E-state index is 12.9. The Labute approximate surface area is 162 Å². The minimum atomic E-state index is -4.51. The van der Waals surface area contributed by atoms with Crippen molar-refractivity contribution >= 4 is 46.4 Å². The zero-order chi connectivity index (χ0) is 19.8. The first-order chi connectivity index (χ1) is 12.6. The van der Waals surface area contributed by atoms with Crippen molar-refractivity contribution < 1.29 is 22.8 Å². The Morgan fingerprint density at radius 2 is 1.89 bits per heavy atom. The molecule has 1 heterocycles. The number of carbonyl (C=O) groups is 2. The minimum Gasteiger partial charge on any atom is -0.324 e. The van der Waals surface area contributed by atoms with E-state index in [-0.39, 0.29) is 23.7 Å². The summed E-state index contributed by atoms with van der Waals surface area (Å²) in [5.41, 5.74) is -0.403. The van der Waals surface area contributed by atoms with Crippen molar-refractivity contribution in [3.05, 3.63) is 58.1 Å². The summed E-state index contributed by atoms with van der Waals surface area (Å²) in [6.45, 7) is -0.0167. The molecule has 0 aliphatic carbocycles. The van der Waals surface area contributed by atoms with Crippen LogP contribution in [-0.2, 0) is 15.8 Å². The highest BCUT2D eigenvalue weighted by molar-refractivity contribution is 6.36. The molecular weight excluding hydrogens is 404 g/mol. The SMILES string of the molecule is O=C(Nc1ccc(Cl)cc1Cl)C1CC(=O)N(c2cccc(C(F)(F)F)c2)C1. The average molecular weight is 417 g/mol. The van der Waals surface area contributed by atoms with Gasteiger partial charge in [-0.25, -0.2) is 0 Å². The first-order valence-electron chi connectivity index (χ1n) is 7.88. The summed E-state index contributed by atoms with van der Waals surface area (Å²) >= 11 is 11.8. The van der Waals surface area contributed by atoms with Crippen molar-refractivity contribution in [3.63, 3.8) is 0 Å². The van der Waals surface area contributed by atoms with E-state index in [4.69, 9.17) is 23.2 Å². The monoisotopic (exact) mass is 416 g/mol. The summed E-state index contributed by atoms with van der Waals surface area (Å²) in [5, 5.41) is 3.27. The van der Waals surface area contributed by atoms with Gasteiger partial charge >= 0.3 is 6.18 Å². The second-order valence-electron chi connectivity index (χ2n) is 6.07. The molecule has 1 aliphatic heterocycles. The molecule has 1 saturated heterocycles. The summed E-state index contributed by atoms with van der Waals surface area (Å²) in [6, 6.07) is 9.01. The van der Waals surface area contributed by atoms with Gasteiger partial charge in [-0.2, -0.15) is 13.2 Å². The molecule has 0 bridgehead atoms. The van der Waals surface area contributed by atoms with E-state index in [9.17, 15) is 22.8 Å². The molecule has 1 N–H and O–H groups in total. The highest BCUT2D eigenvalue weighted by Gasteiger charge is 2.37. The largest absolute Gasteiger partial charge is 0.416 e. The van der Waals surface area contributed by atoms with Gasteiger partial charge in [0.05, 0.1) is 22.2 Å². The predicted octanol–water partition coefficient (Wildman–Crippen LogP) is 5.00. The van der Waals surface area contributed by atoms with Gasteiger partial charge in [-0.1, -0.05) is 29.3 Å². The van der Waals surface area contributed by atoms with Gasteiger partial charge in [-0.3, -0.25) is 9.59 Å². The Kier molecular flexibility index (Phi) is 5.35. The maximum Gasteiger partial charge on any atom is 0.416 e. The lowest BCUT2D eigenvalue weighted by Crippen LogP contribution is -2.28. The molecule has 0 spiro atoms. The van der Waals surface area contributed by atoms with E-state index in [1.807, 2.05) is 0 Å². The quantitative estimate of drug-likeness (QED) is 0.764. The summed E-state index contributed by atoms with van der Waals surface area (Å²) in [7, 11) is 0. The van der Waals surface area contributed by atoms with E-state index in [0.29, 0.717) is 10.7 Å². The molecule has 1 unspecified atom stereocenters. The van der Waals surface area contributed by atoms with Crippen LogP contribution in [-0.4, -0.2) is 18.4 Å². The first-order valence-corrected chi connectivity index (χ1v) is 8.64. The Hall–Kier alpha value is -2.25. The molecule has 3 rings (SSSR count). The van der Waals surface area contributed by atoms with Gasteiger partial charge in [-0.15, -0.1) is 0 Å². The fraction of sp³-hybridized carbons (Fsp3) is 0.222. The summed E-state index contributed by atoms with van der Waals surface area (Å²) < 4.78 is 38.6. The number of hydrogen-bond acceptors (Lipinski definition) is 2. The van der Waals surface area contributed by atoms with Gasteiger partial charge < -0.3 is 10.2 Å². The number of nitrogens with zero attached hydrogens (tertiary/aromatic N) is 1. The predicted molar refractivity (Wildman–Crippen MR) is 97.0 cm³/mol. The van der Waals surface area contributed by atoms with Gasteiger partial charge in [0.1, 0.15) is 0 Å². The molecule has 9 heteroatoms. The van der Waals surface area contributed by atoms with Crippen molar-refractivity contribution in [2.45, 2.75) is 12.6 Å². The molecule has 27 heavy (non-hydrogen) atoms. The van der Waals surface area contributed by atoms with E-state index < -0.39 is 29.5 Å². The van der Waals surface area contributed by atoms with Crippen LogP contribution in [0.3, 0.4) is 0 Å². The number of nitrogens with one attached hydrogen (secondary N) is 1. The zero-order valence-electron chi connectivity index (χ0n) is 13.7. The Bertz CT molecular complexity index is 902. The molecule has 1 aliphatic rings. The van der Waals surface area contributed by atoms with Gasteiger partial charge in [0.25, 0.3) is 0 Å². The van der Waals surface area contributed by atoms with Crippen LogP contribution < -0.4 is 10.2 Å². The molecule has 1 fully saturated rings. The van der Waals surface area contributed by atoms with E-state index >= 15 is 0 Å². The fourth-order valence-electron chi connectivity index (χ4n) is 2.81. The standard InChI is InChI=1S/C18H13Cl2F3N2O2/c19-12-4-5-15(14(20)8-12)24-17(27)10-6-16(26)25(9-10)13-3-1-2-11(7-13)18(21,22)23/h1-5,7-8,10H,6,9H2,(H,24,27). The number of anilines is 2. The van der Waals surface area contributed by atoms with Crippen LogP contribution in [0, 0.1) is 5.92 Å². The third kappa shape index (κ3) is 4.36. The number of carbonyl (C=O) groups excluding carboxylic acids is 2. The van der Waals surface area contributed by atoms with Crippen molar-refractivity contribution in [2.75, 3.05) is 16.8 Å². The number of alkyl halides is 3. The van der Waals surface area contributed by atoms with Crippen LogP contribution in [0.1, 0.15) is 12.0 Å². The third-order valence-corrected chi connectivity index (χ3v) is 4.72. The number of hydrogen-bond donors (Lipinski definition) is 1. The summed E-state index contributed by atoms with van der Waals surface area (Å²) in [5.74, 6) is -1.57. The van der Waals surface area contributed by atoms with Crippen molar-refractivity contribution in [2.24, 2.45) is 5.92 Å². The Balaban J connectivity index is 1.74. The van der Waals surface area contributed by atoms with Gasteiger partial charge in [0.15, 0.2) is 0 Å². The van der Waals surface area contributed by atoms with Gasteiger partial charge in [0, 0.05) is 23.7 Å². The molecule has 4 nitrogen and oxygen atoms in total. The molecule has 0 radical (unpaired) electrons. The smallest absolute Gasteiger partial charge is 0.324 e. The number of halogens is 5. The zero-order valence-corrected chi connectivity index (χ0v) is 15.2. The van der Waals surface area contributed by atoms with Crippen molar-refractivity contribution in [1.82, 2.24) is 0 Å². The normalized spacial score (nSPS) is 17.3. The van der Waals surface area contributed by atoms with Crippen LogP contribution in [0.15, 0.2) is 42.5 Å². The Morgan fingerprint density at radius 3 is 2.56 bits per heavy atom. The fourth-order valence-corrected chi connectivity index (χ4v) is 3.26. The number of amides is 2.